The van der Waals surface area contributed by atoms with E-state index in [0.29, 0.717) is 17.0 Å². The molecule has 0 saturated carbocycles. The first-order chi connectivity index (χ1) is 12.5. The van der Waals surface area contributed by atoms with Crippen LogP contribution in [-0.2, 0) is 0 Å². The molecule has 1 heterocycles. The van der Waals surface area contributed by atoms with Gasteiger partial charge < -0.3 is 14.6 Å². The van der Waals surface area contributed by atoms with E-state index in [0.717, 1.165) is 21.9 Å². The number of hydrogen-bond donors (Lipinski definition) is 2. The van der Waals surface area contributed by atoms with Crippen molar-refractivity contribution in [1.82, 2.24) is 4.98 Å². The molecule has 0 aliphatic heterocycles. The van der Waals surface area contributed by atoms with E-state index in [1.807, 2.05) is 50.2 Å². The van der Waals surface area contributed by atoms with E-state index >= 15 is 0 Å². The van der Waals surface area contributed by atoms with Gasteiger partial charge in [-0.1, -0.05) is 50.2 Å². The monoisotopic (exact) mass is 345 g/mol. The molecule has 4 heteroatoms. The van der Waals surface area contributed by atoms with Gasteiger partial charge in [-0.2, -0.15) is 0 Å². The van der Waals surface area contributed by atoms with Gasteiger partial charge in [0.05, 0.1) is 0 Å². The van der Waals surface area contributed by atoms with Crippen LogP contribution in [0, 0.1) is 0 Å². The molecule has 130 valence electrons. The molecule has 4 rings (SSSR count). The third-order valence-corrected chi connectivity index (χ3v) is 4.60. The quantitative estimate of drug-likeness (QED) is 0.500. The number of phenols is 2. The summed E-state index contributed by atoms with van der Waals surface area (Å²) < 4.78 is 5.65. The lowest BCUT2D eigenvalue weighted by atomic mass is 9.96. The number of rotatable bonds is 3. The fourth-order valence-corrected chi connectivity index (χ4v) is 3.22. The molecule has 0 aliphatic carbocycles. The Bertz CT molecular complexity index is 1100. The Labute approximate surface area is 151 Å². The second-order valence-electron chi connectivity index (χ2n) is 6.67. The van der Waals surface area contributed by atoms with Gasteiger partial charge in [0.1, 0.15) is 17.2 Å². The first-order valence-electron chi connectivity index (χ1n) is 8.53. The van der Waals surface area contributed by atoms with Gasteiger partial charge in [0.25, 0.3) is 0 Å². The van der Waals surface area contributed by atoms with Crippen LogP contribution in [-0.4, -0.2) is 15.2 Å². The van der Waals surface area contributed by atoms with Crippen LogP contribution in [0.2, 0.25) is 0 Å². The molecule has 26 heavy (non-hydrogen) atoms. The Balaban J connectivity index is 1.88. The molecule has 3 aromatic carbocycles. The SMILES string of the molecule is CC(C)c1cc(-c2ncoc2-c2ccc3ccccc3c2)c(O)cc1O. The summed E-state index contributed by atoms with van der Waals surface area (Å²) in [5, 5.41) is 22.7. The van der Waals surface area contributed by atoms with Crippen molar-refractivity contribution in [2.45, 2.75) is 19.8 Å². The third kappa shape index (κ3) is 2.69. The number of oxazole rings is 1. The van der Waals surface area contributed by atoms with Gasteiger partial charge in [-0.3, -0.25) is 0 Å². The van der Waals surface area contributed by atoms with E-state index in [4.69, 9.17) is 4.42 Å². The van der Waals surface area contributed by atoms with Crippen LogP contribution < -0.4 is 0 Å². The van der Waals surface area contributed by atoms with Gasteiger partial charge in [-0.25, -0.2) is 4.98 Å². The minimum absolute atomic E-state index is 0.0251. The average molecular weight is 345 g/mol. The van der Waals surface area contributed by atoms with Crippen molar-refractivity contribution in [1.29, 1.82) is 0 Å². The summed E-state index contributed by atoms with van der Waals surface area (Å²) in [5.41, 5.74) is 2.74. The Morgan fingerprint density at radius 3 is 2.42 bits per heavy atom. The maximum atomic E-state index is 10.4. The molecule has 1 aromatic heterocycles. The van der Waals surface area contributed by atoms with E-state index in [1.165, 1.54) is 12.5 Å². The third-order valence-electron chi connectivity index (χ3n) is 4.60. The van der Waals surface area contributed by atoms with Crippen LogP contribution in [0.3, 0.4) is 0 Å². The zero-order valence-electron chi connectivity index (χ0n) is 14.6. The summed E-state index contributed by atoms with van der Waals surface area (Å²) in [7, 11) is 0. The number of aromatic nitrogens is 1. The number of hydrogen-bond acceptors (Lipinski definition) is 4. The highest BCUT2D eigenvalue weighted by Crippen LogP contribution is 2.41. The van der Waals surface area contributed by atoms with Crippen molar-refractivity contribution in [2.24, 2.45) is 0 Å². The molecule has 0 spiro atoms. The van der Waals surface area contributed by atoms with Crippen molar-refractivity contribution in [2.75, 3.05) is 0 Å². The molecule has 0 bridgehead atoms. The molecular weight excluding hydrogens is 326 g/mol. The van der Waals surface area contributed by atoms with E-state index in [-0.39, 0.29) is 17.4 Å². The minimum atomic E-state index is -0.0251. The summed E-state index contributed by atoms with van der Waals surface area (Å²) in [6.45, 7) is 3.98. The topological polar surface area (TPSA) is 66.5 Å². The van der Waals surface area contributed by atoms with Crippen molar-refractivity contribution in [3.05, 3.63) is 66.6 Å². The molecule has 0 aliphatic rings. The normalized spacial score (nSPS) is 11.3. The zero-order chi connectivity index (χ0) is 18.3. The highest BCUT2D eigenvalue weighted by atomic mass is 16.3. The molecule has 2 N–H and O–H groups in total. The highest BCUT2D eigenvalue weighted by molar-refractivity contribution is 5.89. The van der Waals surface area contributed by atoms with Crippen molar-refractivity contribution >= 4 is 10.8 Å². The lowest BCUT2D eigenvalue weighted by Crippen LogP contribution is -1.91. The Kier molecular flexibility index (Phi) is 3.88. The Morgan fingerprint density at radius 2 is 1.65 bits per heavy atom. The number of phenolic OH excluding ortho intramolecular Hbond substituents is 2. The van der Waals surface area contributed by atoms with Crippen molar-refractivity contribution in [3.8, 4) is 34.1 Å². The molecule has 0 amide bonds. The maximum absolute atomic E-state index is 10.4. The van der Waals surface area contributed by atoms with E-state index in [2.05, 4.69) is 11.1 Å². The molecule has 4 aromatic rings. The Morgan fingerprint density at radius 1 is 0.885 bits per heavy atom. The summed E-state index contributed by atoms with van der Waals surface area (Å²) in [6, 6.07) is 17.3. The molecule has 0 unspecified atom stereocenters. The lowest BCUT2D eigenvalue weighted by Gasteiger charge is -2.12. The molecule has 0 saturated heterocycles. The predicted octanol–water partition coefficient (Wildman–Crippen LogP) is 5.70. The molecule has 0 radical (unpaired) electrons. The highest BCUT2D eigenvalue weighted by Gasteiger charge is 2.19. The van der Waals surface area contributed by atoms with Gasteiger partial charge in [0.2, 0.25) is 0 Å². The van der Waals surface area contributed by atoms with Crippen LogP contribution in [0.25, 0.3) is 33.4 Å². The van der Waals surface area contributed by atoms with Crippen LogP contribution in [0.15, 0.2) is 65.4 Å². The summed E-state index contributed by atoms with van der Waals surface area (Å²) >= 11 is 0. The number of benzene rings is 3. The average Bonchev–Trinajstić information content (AvgIpc) is 3.10. The first kappa shape index (κ1) is 16.2. The maximum Gasteiger partial charge on any atom is 0.182 e. The summed E-state index contributed by atoms with van der Waals surface area (Å²) in [6.07, 6.45) is 1.38. The van der Waals surface area contributed by atoms with Gasteiger partial charge >= 0.3 is 0 Å². The van der Waals surface area contributed by atoms with Gasteiger partial charge in [-0.15, -0.1) is 0 Å². The van der Waals surface area contributed by atoms with E-state index in [9.17, 15) is 10.2 Å². The second-order valence-corrected chi connectivity index (χ2v) is 6.67. The van der Waals surface area contributed by atoms with Gasteiger partial charge in [0.15, 0.2) is 12.2 Å². The summed E-state index contributed by atoms with van der Waals surface area (Å²) in [4.78, 5) is 4.33. The van der Waals surface area contributed by atoms with Gasteiger partial charge in [0, 0.05) is 17.2 Å². The van der Waals surface area contributed by atoms with Crippen LogP contribution in [0.1, 0.15) is 25.3 Å². The smallest absolute Gasteiger partial charge is 0.182 e. The van der Waals surface area contributed by atoms with Crippen LogP contribution >= 0.6 is 0 Å². The van der Waals surface area contributed by atoms with Crippen molar-refractivity contribution in [3.63, 3.8) is 0 Å². The standard InChI is InChI=1S/C22H19NO3/c1-13(2)17-10-18(20(25)11-19(17)24)21-22(26-12-23-21)16-8-7-14-5-3-4-6-15(14)9-16/h3-13,24-25H,1-2H3. The summed E-state index contributed by atoms with van der Waals surface area (Å²) in [5.74, 6) is 0.761. The van der Waals surface area contributed by atoms with Crippen LogP contribution in [0.5, 0.6) is 11.5 Å². The molecule has 0 fully saturated rings. The van der Waals surface area contributed by atoms with Gasteiger partial charge in [-0.05, 0) is 34.4 Å². The number of fused-ring (bicyclic) bond motifs is 1. The largest absolute Gasteiger partial charge is 0.508 e. The van der Waals surface area contributed by atoms with Crippen molar-refractivity contribution < 1.29 is 14.6 Å². The minimum Gasteiger partial charge on any atom is -0.508 e. The van der Waals surface area contributed by atoms with E-state index < -0.39 is 0 Å². The second kappa shape index (κ2) is 6.23. The molecular formula is C22H19NO3. The first-order valence-corrected chi connectivity index (χ1v) is 8.53. The predicted molar refractivity (Wildman–Crippen MR) is 102 cm³/mol. The van der Waals surface area contributed by atoms with E-state index in [1.54, 1.807) is 6.07 Å². The fraction of sp³-hybridized carbons (Fsp3) is 0.136. The molecule has 4 nitrogen and oxygen atoms in total. The fourth-order valence-electron chi connectivity index (χ4n) is 3.22. The van der Waals surface area contributed by atoms with Crippen LogP contribution in [0.4, 0.5) is 0 Å². The lowest BCUT2D eigenvalue weighted by molar-refractivity contribution is 0.445. The number of aromatic hydroxyl groups is 2. The molecule has 0 atom stereocenters. The number of nitrogens with zero attached hydrogens (tertiary/aromatic N) is 1. The zero-order valence-corrected chi connectivity index (χ0v) is 14.6. The Hall–Kier alpha value is -3.27.